The van der Waals surface area contributed by atoms with Crippen LogP contribution in [0.4, 0.5) is 4.39 Å². The Morgan fingerprint density at radius 3 is 3.05 bits per heavy atom. The second-order valence-corrected chi connectivity index (χ2v) is 5.23. The van der Waals surface area contributed by atoms with E-state index in [0.717, 1.165) is 24.0 Å². The van der Waals surface area contributed by atoms with E-state index in [4.69, 9.17) is 12.2 Å². The molecule has 1 aromatic heterocycles. The van der Waals surface area contributed by atoms with Gasteiger partial charge in [0.2, 0.25) is 0 Å². The number of amides is 1. The van der Waals surface area contributed by atoms with Gasteiger partial charge < -0.3 is 10.3 Å². The van der Waals surface area contributed by atoms with Crippen molar-refractivity contribution in [3.8, 4) is 0 Å². The number of benzene rings is 1. The summed E-state index contributed by atoms with van der Waals surface area (Å²) in [6, 6.07) is 8.06. The summed E-state index contributed by atoms with van der Waals surface area (Å²) in [6.07, 6.45) is 3.25. The standard InChI is InChI=1S/C15H13FN2OS/c16-10-4-5-11-9(8-10)3-6-13(11)18-14(19)12-2-1-7-17-15(12)20/h1-2,4-5,7-8,13H,3,6H2,(H,17,20)(H,18,19). The largest absolute Gasteiger partial charge is 0.352 e. The maximum Gasteiger partial charge on any atom is 0.254 e. The number of rotatable bonds is 2. The Labute approximate surface area is 120 Å². The molecule has 0 spiro atoms. The van der Waals surface area contributed by atoms with E-state index >= 15 is 0 Å². The molecule has 1 aliphatic carbocycles. The lowest BCUT2D eigenvalue weighted by atomic mass is 10.1. The van der Waals surface area contributed by atoms with Crippen LogP contribution in [-0.4, -0.2) is 10.9 Å². The van der Waals surface area contributed by atoms with Gasteiger partial charge in [-0.2, -0.15) is 0 Å². The van der Waals surface area contributed by atoms with E-state index in [1.807, 2.05) is 0 Å². The van der Waals surface area contributed by atoms with Crippen molar-refractivity contribution >= 4 is 18.1 Å². The number of fused-ring (bicyclic) bond motifs is 1. The molecule has 102 valence electrons. The van der Waals surface area contributed by atoms with Crippen molar-refractivity contribution in [2.24, 2.45) is 0 Å². The summed E-state index contributed by atoms with van der Waals surface area (Å²) in [5.74, 6) is -0.435. The van der Waals surface area contributed by atoms with Crippen molar-refractivity contribution < 1.29 is 9.18 Å². The number of pyridine rings is 1. The molecule has 1 unspecified atom stereocenters. The molecule has 0 aliphatic heterocycles. The Hall–Kier alpha value is -2.01. The van der Waals surface area contributed by atoms with Gasteiger partial charge in [0.05, 0.1) is 11.6 Å². The van der Waals surface area contributed by atoms with Gasteiger partial charge in [0, 0.05) is 6.20 Å². The van der Waals surface area contributed by atoms with Crippen LogP contribution >= 0.6 is 12.2 Å². The summed E-state index contributed by atoms with van der Waals surface area (Å²) in [4.78, 5) is 15.1. The van der Waals surface area contributed by atoms with Gasteiger partial charge in [-0.3, -0.25) is 4.79 Å². The number of aromatic amines is 1. The molecule has 0 radical (unpaired) electrons. The molecular formula is C15H13FN2OS. The van der Waals surface area contributed by atoms with Crippen molar-refractivity contribution in [3.05, 3.63) is 63.7 Å². The molecule has 0 saturated heterocycles. The van der Waals surface area contributed by atoms with Gasteiger partial charge in [-0.1, -0.05) is 18.3 Å². The predicted molar refractivity (Wildman–Crippen MR) is 76.6 cm³/mol. The van der Waals surface area contributed by atoms with E-state index in [-0.39, 0.29) is 17.8 Å². The van der Waals surface area contributed by atoms with Gasteiger partial charge in [0.25, 0.3) is 5.91 Å². The molecule has 5 heteroatoms. The highest BCUT2D eigenvalue weighted by Crippen LogP contribution is 2.31. The molecule has 2 N–H and O–H groups in total. The van der Waals surface area contributed by atoms with E-state index in [9.17, 15) is 9.18 Å². The van der Waals surface area contributed by atoms with Gasteiger partial charge in [-0.25, -0.2) is 4.39 Å². The second kappa shape index (κ2) is 5.17. The first-order valence-corrected chi connectivity index (χ1v) is 6.83. The molecule has 3 nitrogen and oxygen atoms in total. The zero-order valence-electron chi connectivity index (χ0n) is 10.7. The molecule has 0 fully saturated rings. The summed E-state index contributed by atoms with van der Waals surface area (Å²) in [7, 11) is 0. The van der Waals surface area contributed by atoms with Crippen molar-refractivity contribution in [2.75, 3.05) is 0 Å². The molecule has 0 bridgehead atoms. The van der Waals surface area contributed by atoms with Crippen molar-refractivity contribution in [3.63, 3.8) is 0 Å². The number of nitrogens with one attached hydrogen (secondary N) is 2. The van der Waals surface area contributed by atoms with Gasteiger partial charge >= 0.3 is 0 Å². The molecule has 1 heterocycles. The monoisotopic (exact) mass is 288 g/mol. The zero-order valence-corrected chi connectivity index (χ0v) is 11.5. The fourth-order valence-electron chi connectivity index (χ4n) is 2.57. The minimum atomic E-state index is -0.235. The number of aromatic nitrogens is 1. The van der Waals surface area contributed by atoms with Crippen LogP contribution in [0.3, 0.4) is 0 Å². The fraction of sp³-hybridized carbons (Fsp3) is 0.200. The Morgan fingerprint density at radius 2 is 2.25 bits per heavy atom. The normalized spacial score (nSPS) is 16.8. The first-order valence-electron chi connectivity index (χ1n) is 6.42. The molecule has 20 heavy (non-hydrogen) atoms. The molecular weight excluding hydrogens is 275 g/mol. The fourth-order valence-corrected chi connectivity index (χ4v) is 2.80. The van der Waals surface area contributed by atoms with E-state index < -0.39 is 0 Å². The number of H-pyrrole nitrogens is 1. The van der Waals surface area contributed by atoms with Gasteiger partial charge in [0.15, 0.2) is 0 Å². The van der Waals surface area contributed by atoms with Crippen LogP contribution in [0.5, 0.6) is 0 Å². The van der Waals surface area contributed by atoms with E-state index in [0.29, 0.717) is 10.2 Å². The average Bonchev–Trinajstić information content (AvgIpc) is 2.81. The number of carbonyl (C=O) groups is 1. The van der Waals surface area contributed by atoms with Crippen molar-refractivity contribution in [1.82, 2.24) is 10.3 Å². The Morgan fingerprint density at radius 1 is 1.40 bits per heavy atom. The molecule has 1 amide bonds. The zero-order chi connectivity index (χ0) is 14.1. The quantitative estimate of drug-likeness (QED) is 0.833. The lowest BCUT2D eigenvalue weighted by molar-refractivity contribution is 0.0936. The minimum Gasteiger partial charge on any atom is -0.352 e. The topological polar surface area (TPSA) is 44.9 Å². The summed E-state index contributed by atoms with van der Waals surface area (Å²) in [5, 5.41) is 2.96. The van der Waals surface area contributed by atoms with Gasteiger partial charge in [-0.15, -0.1) is 0 Å². The number of hydrogen-bond donors (Lipinski definition) is 2. The molecule has 3 rings (SSSR count). The third-order valence-corrected chi connectivity index (χ3v) is 3.89. The number of aryl methyl sites for hydroxylation is 1. The highest BCUT2D eigenvalue weighted by molar-refractivity contribution is 7.71. The summed E-state index contributed by atoms with van der Waals surface area (Å²) in [5.41, 5.74) is 2.41. The third-order valence-electron chi connectivity index (χ3n) is 3.55. The van der Waals surface area contributed by atoms with Crippen LogP contribution in [0.15, 0.2) is 36.5 Å². The Balaban J connectivity index is 1.83. The third kappa shape index (κ3) is 2.36. The molecule has 1 aliphatic rings. The van der Waals surface area contributed by atoms with E-state index in [1.165, 1.54) is 12.1 Å². The first kappa shape index (κ1) is 13.0. The van der Waals surface area contributed by atoms with Crippen LogP contribution < -0.4 is 5.32 Å². The Bertz CT molecular complexity index is 726. The molecule has 0 saturated carbocycles. The molecule has 1 aromatic carbocycles. The van der Waals surface area contributed by atoms with Crippen LogP contribution in [-0.2, 0) is 6.42 Å². The predicted octanol–water partition coefficient (Wildman–Crippen LogP) is 3.30. The summed E-state index contributed by atoms with van der Waals surface area (Å²) >= 11 is 5.10. The van der Waals surface area contributed by atoms with Crippen LogP contribution in [0.1, 0.15) is 33.9 Å². The van der Waals surface area contributed by atoms with E-state index in [2.05, 4.69) is 10.3 Å². The smallest absolute Gasteiger partial charge is 0.254 e. The maximum atomic E-state index is 13.2. The van der Waals surface area contributed by atoms with Gasteiger partial charge in [-0.05, 0) is 48.2 Å². The Kier molecular flexibility index (Phi) is 3.36. The second-order valence-electron chi connectivity index (χ2n) is 4.82. The molecule has 1 atom stereocenters. The maximum absolute atomic E-state index is 13.2. The van der Waals surface area contributed by atoms with E-state index in [1.54, 1.807) is 24.4 Å². The van der Waals surface area contributed by atoms with Crippen molar-refractivity contribution in [2.45, 2.75) is 18.9 Å². The van der Waals surface area contributed by atoms with Crippen molar-refractivity contribution in [1.29, 1.82) is 0 Å². The summed E-state index contributed by atoms with van der Waals surface area (Å²) in [6.45, 7) is 0. The number of halogens is 1. The number of carbonyl (C=O) groups excluding carboxylic acids is 1. The highest BCUT2D eigenvalue weighted by Gasteiger charge is 2.24. The first-order chi connectivity index (χ1) is 9.65. The highest BCUT2D eigenvalue weighted by atomic mass is 32.1. The van der Waals surface area contributed by atoms with Crippen LogP contribution in [0, 0.1) is 10.5 Å². The SMILES string of the molecule is O=C(NC1CCc2cc(F)ccc21)c1ccc[nH]c1=S. The number of hydrogen-bond acceptors (Lipinski definition) is 2. The van der Waals surface area contributed by atoms with Crippen LogP contribution in [0.25, 0.3) is 0 Å². The van der Waals surface area contributed by atoms with Crippen LogP contribution in [0.2, 0.25) is 0 Å². The minimum absolute atomic E-state index is 0.0762. The lowest BCUT2D eigenvalue weighted by Gasteiger charge is -2.14. The lowest BCUT2D eigenvalue weighted by Crippen LogP contribution is -2.27. The van der Waals surface area contributed by atoms with Gasteiger partial charge in [0.1, 0.15) is 10.5 Å². The molecule has 2 aromatic rings. The average molecular weight is 288 g/mol. The summed E-state index contributed by atoms with van der Waals surface area (Å²) < 4.78 is 13.6.